The van der Waals surface area contributed by atoms with E-state index in [1.54, 1.807) is 18.6 Å². The standard InChI is InChI=1S/C10H14N2O/c1-10(2,3)12(13)8-9-5-4-6-11-7-9/h4-8H,1-3H3/b12-8+. The summed E-state index contributed by atoms with van der Waals surface area (Å²) in [6, 6.07) is 3.66. The van der Waals surface area contributed by atoms with Gasteiger partial charge in [-0.15, -0.1) is 0 Å². The first kappa shape index (κ1) is 9.71. The molecule has 0 saturated heterocycles. The second kappa shape index (κ2) is 3.56. The molecule has 0 unspecified atom stereocenters. The number of rotatable bonds is 1. The monoisotopic (exact) mass is 178 g/mol. The Balaban J connectivity index is 2.90. The van der Waals surface area contributed by atoms with Crippen LogP contribution >= 0.6 is 0 Å². The minimum Gasteiger partial charge on any atom is -0.623 e. The molecule has 1 heterocycles. The van der Waals surface area contributed by atoms with Gasteiger partial charge in [-0.2, -0.15) is 0 Å². The van der Waals surface area contributed by atoms with E-state index < -0.39 is 5.54 Å². The fourth-order valence-electron chi connectivity index (χ4n) is 0.781. The molecule has 70 valence electrons. The fraction of sp³-hybridized carbons (Fsp3) is 0.400. The van der Waals surface area contributed by atoms with E-state index in [2.05, 4.69) is 4.98 Å². The van der Waals surface area contributed by atoms with Crippen LogP contribution < -0.4 is 0 Å². The van der Waals surface area contributed by atoms with Crippen LogP contribution in [0.3, 0.4) is 0 Å². The summed E-state index contributed by atoms with van der Waals surface area (Å²) in [6.07, 6.45) is 4.90. The quantitative estimate of drug-likeness (QED) is 0.285. The van der Waals surface area contributed by atoms with Crippen molar-refractivity contribution < 1.29 is 4.74 Å². The van der Waals surface area contributed by atoms with E-state index in [4.69, 9.17) is 0 Å². The molecule has 1 aromatic rings. The first-order valence-corrected chi connectivity index (χ1v) is 4.21. The SMILES string of the molecule is CC(C)(C)/[N+]([O-])=C\c1cccnc1. The highest BCUT2D eigenvalue weighted by atomic mass is 16.5. The van der Waals surface area contributed by atoms with E-state index >= 15 is 0 Å². The molecule has 0 bridgehead atoms. The Morgan fingerprint density at radius 2 is 2.15 bits per heavy atom. The highest BCUT2D eigenvalue weighted by Crippen LogP contribution is 2.05. The summed E-state index contributed by atoms with van der Waals surface area (Å²) in [5.41, 5.74) is 0.433. The predicted octanol–water partition coefficient (Wildman–Crippen LogP) is 1.81. The van der Waals surface area contributed by atoms with E-state index in [1.165, 1.54) is 0 Å². The zero-order valence-electron chi connectivity index (χ0n) is 8.19. The third-order valence-corrected chi connectivity index (χ3v) is 1.61. The lowest BCUT2D eigenvalue weighted by molar-refractivity contribution is -0.530. The van der Waals surface area contributed by atoms with Crippen molar-refractivity contribution in [1.82, 2.24) is 4.98 Å². The molecule has 1 aromatic heterocycles. The Bertz CT molecular complexity index is 298. The summed E-state index contributed by atoms with van der Waals surface area (Å²) in [5, 5.41) is 11.5. The summed E-state index contributed by atoms with van der Waals surface area (Å²) in [7, 11) is 0. The summed E-state index contributed by atoms with van der Waals surface area (Å²) < 4.78 is 0.935. The van der Waals surface area contributed by atoms with Crippen LogP contribution in [0.25, 0.3) is 0 Å². The molecule has 0 aliphatic heterocycles. The van der Waals surface area contributed by atoms with E-state index in [-0.39, 0.29) is 0 Å². The summed E-state index contributed by atoms with van der Waals surface area (Å²) in [6.45, 7) is 5.60. The highest BCUT2D eigenvalue weighted by molar-refractivity contribution is 5.74. The molecule has 0 aliphatic carbocycles. The zero-order valence-corrected chi connectivity index (χ0v) is 8.19. The van der Waals surface area contributed by atoms with Gasteiger partial charge in [0, 0.05) is 33.2 Å². The van der Waals surface area contributed by atoms with Gasteiger partial charge < -0.3 is 5.21 Å². The van der Waals surface area contributed by atoms with Crippen molar-refractivity contribution in [3.05, 3.63) is 35.3 Å². The van der Waals surface area contributed by atoms with E-state index in [1.807, 2.05) is 32.9 Å². The van der Waals surface area contributed by atoms with E-state index in [0.717, 1.165) is 10.3 Å². The van der Waals surface area contributed by atoms with Crippen LogP contribution in [0.4, 0.5) is 0 Å². The van der Waals surface area contributed by atoms with Gasteiger partial charge in [-0.3, -0.25) is 4.98 Å². The number of pyridine rings is 1. The molecule has 0 atom stereocenters. The number of aromatic nitrogens is 1. The molecule has 1 rings (SSSR count). The Labute approximate surface area is 78.3 Å². The first-order chi connectivity index (χ1) is 6.00. The number of nitrogens with zero attached hydrogens (tertiary/aromatic N) is 2. The van der Waals surface area contributed by atoms with Crippen LogP contribution in [0.5, 0.6) is 0 Å². The lowest BCUT2D eigenvalue weighted by atomic mass is 10.1. The minimum absolute atomic E-state index is 0.393. The molecule has 3 nitrogen and oxygen atoms in total. The van der Waals surface area contributed by atoms with Crippen LogP contribution in [0.15, 0.2) is 24.5 Å². The van der Waals surface area contributed by atoms with E-state index in [0.29, 0.717) is 0 Å². The topological polar surface area (TPSA) is 39.0 Å². The predicted molar refractivity (Wildman–Crippen MR) is 52.8 cm³/mol. The van der Waals surface area contributed by atoms with Gasteiger partial charge in [0.05, 0.1) is 5.56 Å². The average molecular weight is 178 g/mol. The maximum atomic E-state index is 11.5. The lowest BCUT2D eigenvalue weighted by Crippen LogP contribution is -2.29. The fourth-order valence-corrected chi connectivity index (χ4v) is 0.781. The highest BCUT2D eigenvalue weighted by Gasteiger charge is 2.17. The number of hydrogen-bond acceptors (Lipinski definition) is 2. The van der Waals surface area contributed by atoms with Crippen molar-refractivity contribution in [1.29, 1.82) is 0 Å². The Morgan fingerprint density at radius 3 is 2.62 bits per heavy atom. The minimum atomic E-state index is -0.393. The molecule has 0 saturated carbocycles. The molecule has 0 N–H and O–H groups in total. The van der Waals surface area contributed by atoms with E-state index in [9.17, 15) is 5.21 Å². The molecular formula is C10H14N2O. The maximum Gasteiger partial charge on any atom is 0.183 e. The van der Waals surface area contributed by atoms with Gasteiger partial charge in [-0.05, 0) is 12.1 Å². The Morgan fingerprint density at radius 1 is 1.46 bits per heavy atom. The molecule has 0 fully saturated rings. The maximum absolute atomic E-state index is 11.5. The number of hydroxylamine groups is 1. The molecule has 13 heavy (non-hydrogen) atoms. The van der Waals surface area contributed by atoms with Gasteiger partial charge in [-0.25, -0.2) is 4.74 Å². The van der Waals surface area contributed by atoms with Gasteiger partial charge in [-0.1, -0.05) is 0 Å². The third kappa shape index (κ3) is 2.86. The van der Waals surface area contributed by atoms with Gasteiger partial charge in [0.25, 0.3) is 0 Å². The van der Waals surface area contributed by atoms with Gasteiger partial charge in [0.1, 0.15) is 0 Å². The lowest BCUT2D eigenvalue weighted by Gasteiger charge is -2.18. The molecule has 3 heteroatoms. The van der Waals surface area contributed by atoms with Crippen molar-refractivity contribution in [3.8, 4) is 0 Å². The van der Waals surface area contributed by atoms with Crippen molar-refractivity contribution in [2.75, 3.05) is 0 Å². The van der Waals surface area contributed by atoms with Crippen LogP contribution in [0, 0.1) is 5.21 Å². The molecule has 0 aliphatic rings. The third-order valence-electron chi connectivity index (χ3n) is 1.61. The Hall–Kier alpha value is -1.38. The normalized spacial score (nSPS) is 13.0. The molecular weight excluding hydrogens is 164 g/mol. The molecule has 0 radical (unpaired) electrons. The van der Waals surface area contributed by atoms with Crippen molar-refractivity contribution in [2.45, 2.75) is 26.3 Å². The van der Waals surface area contributed by atoms with Crippen LogP contribution in [0.2, 0.25) is 0 Å². The van der Waals surface area contributed by atoms with Crippen LogP contribution in [-0.4, -0.2) is 21.5 Å². The van der Waals surface area contributed by atoms with Gasteiger partial charge in [0.2, 0.25) is 0 Å². The Kier molecular flexibility index (Phi) is 2.66. The largest absolute Gasteiger partial charge is 0.623 e. The zero-order chi connectivity index (χ0) is 9.90. The van der Waals surface area contributed by atoms with Crippen LogP contribution in [0.1, 0.15) is 26.3 Å². The summed E-state index contributed by atoms with van der Waals surface area (Å²) in [5.74, 6) is 0. The second-order valence-electron chi connectivity index (χ2n) is 3.91. The summed E-state index contributed by atoms with van der Waals surface area (Å²) >= 11 is 0. The molecule has 0 aromatic carbocycles. The van der Waals surface area contributed by atoms with Gasteiger partial charge >= 0.3 is 0 Å². The average Bonchev–Trinajstić information content (AvgIpc) is 2.04. The molecule has 0 spiro atoms. The first-order valence-electron chi connectivity index (χ1n) is 4.21. The smallest absolute Gasteiger partial charge is 0.183 e. The molecule has 0 amide bonds. The van der Waals surface area contributed by atoms with Gasteiger partial charge in [0.15, 0.2) is 11.8 Å². The van der Waals surface area contributed by atoms with Crippen LogP contribution in [-0.2, 0) is 0 Å². The van der Waals surface area contributed by atoms with Crippen molar-refractivity contribution in [3.63, 3.8) is 0 Å². The van der Waals surface area contributed by atoms with Crippen molar-refractivity contribution >= 4 is 6.21 Å². The van der Waals surface area contributed by atoms with Crippen molar-refractivity contribution in [2.24, 2.45) is 0 Å². The number of hydrogen-bond donors (Lipinski definition) is 0. The second-order valence-corrected chi connectivity index (χ2v) is 3.91. The summed E-state index contributed by atoms with van der Waals surface area (Å²) in [4.78, 5) is 3.92.